The molecule has 0 aliphatic carbocycles. The van der Waals surface area contributed by atoms with Crippen LogP contribution in [-0.2, 0) is 17.9 Å². The zero-order valence-corrected chi connectivity index (χ0v) is 14.8. The molecule has 0 spiro atoms. The fourth-order valence-corrected chi connectivity index (χ4v) is 3.22. The molecule has 0 radical (unpaired) electrons. The van der Waals surface area contributed by atoms with Gasteiger partial charge in [0.2, 0.25) is 5.89 Å². The molecule has 1 fully saturated rings. The molecular weight excluding hydrogens is 344 g/mol. The highest BCUT2D eigenvalue weighted by molar-refractivity contribution is 6.04. The van der Waals surface area contributed by atoms with E-state index in [-0.39, 0.29) is 24.4 Å². The lowest BCUT2D eigenvalue weighted by molar-refractivity contribution is -0.129. The summed E-state index contributed by atoms with van der Waals surface area (Å²) in [5.41, 5.74) is 1.73. The molecule has 3 aromatic rings. The molecule has 0 bridgehead atoms. The first-order chi connectivity index (χ1) is 13.1. The van der Waals surface area contributed by atoms with Crippen LogP contribution in [-0.4, -0.2) is 31.9 Å². The minimum absolute atomic E-state index is 0.0346. The van der Waals surface area contributed by atoms with E-state index in [1.54, 1.807) is 11.8 Å². The zero-order chi connectivity index (χ0) is 18.8. The SMILES string of the molecule is Cc1noc(CN2C(=O)[C@H](c3ccccc3)N(Cc3ccccc3)C2=O)n1. The van der Waals surface area contributed by atoms with Crippen molar-refractivity contribution in [2.75, 3.05) is 0 Å². The Bertz CT molecular complexity index is 956. The van der Waals surface area contributed by atoms with E-state index in [0.717, 1.165) is 11.1 Å². The van der Waals surface area contributed by atoms with Crippen LogP contribution in [0.4, 0.5) is 4.79 Å². The van der Waals surface area contributed by atoms with Gasteiger partial charge in [-0.2, -0.15) is 4.98 Å². The van der Waals surface area contributed by atoms with Crippen molar-refractivity contribution < 1.29 is 14.1 Å². The monoisotopic (exact) mass is 362 g/mol. The summed E-state index contributed by atoms with van der Waals surface area (Å²) in [4.78, 5) is 33.0. The molecule has 2 aromatic carbocycles. The summed E-state index contributed by atoms with van der Waals surface area (Å²) in [6, 6.07) is 17.9. The molecule has 1 aliphatic rings. The third-order valence-corrected chi connectivity index (χ3v) is 4.46. The van der Waals surface area contributed by atoms with Crippen LogP contribution in [0.25, 0.3) is 0 Å². The van der Waals surface area contributed by atoms with Crippen molar-refractivity contribution in [3.8, 4) is 0 Å². The Morgan fingerprint density at radius 2 is 1.63 bits per heavy atom. The van der Waals surface area contributed by atoms with Crippen LogP contribution in [0, 0.1) is 6.92 Å². The van der Waals surface area contributed by atoms with Gasteiger partial charge in [0.25, 0.3) is 5.91 Å². The summed E-state index contributed by atoms with van der Waals surface area (Å²) in [5, 5.41) is 3.72. The van der Waals surface area contributed by atoms with Crippen LogP contribution in [0.2, 0.25) is 0 Å². The summed E-state index contributed by atoms with van der Waals surface area (Å²) in [7, 11) is 0. The van der Waals surface area contributed by atoms with Gasteiger partial charge in [-0.3, -0.25) is 9.69 Å². The Balaban J connectivity index is 1.67. The Morgan fingerprint density at radius 3 is 2.26 bits per heavy atom. The average molecular weight is 362 g/mol. The number of nitrogens with zero attached hydrogens (tertiary/aromatic N) is 4. The van der Waals surface area contributed by atoms with Gasteiger partial charge < -0.3 is 9.42 Å². The second kappa shape index (κ2) is 7.03. The largest absolute Gasteiger partial charge is 0.337 e. The highest BCUT2D eigenvalue weighted by Gasteiger charge is 2.46. The van der Waals surface area contributed by atoms with E-state index in [1.807, 2.05) is 60.7 Å². The lowest BCUT2D eigenvalue weighted by atomic mass is 10.1. The second-order valence-electron chi connectivity index (χ2n) is 6.37. The van der Waals surface area contributed by atoms with Gasteiger partial charge in [-0.15, -0.1) is 0 Å². The number of urea groups is 1. The molecule has 1 atom stereocenters. The highest BCUT2D eigenvalue weighted by atomic mass is 16.5. The minimum atomic E-state index is -0.678. The molecule has 3 amide bonds. The molecule has 7 heteroatoms. The number of carbonyl (C=O) groups excluding carboxylic acids is 2. The van der Waals surface area contributed by atoms with Crippen molar-refractivity contribution >= 4 is 11.9 Å². The molecule has 1 saturated heterocycles. The number of rotatable bonds is 5. The van der Waals surface area contributed by atoms with Crippen LogP contribution in [0.5, 0.6) is 0 Å². The van der Waals surface area contributed by atoms with Crippen molar-refractivity contribution in [1.29, 1.82) is 0 Å². The lowest BCUT2D eigenvalue weighted by Gasteiger charge is -2.22. The maximum Gasteiger partial charge on any atom is 0.328 e. The van der Waals surface area contributed by atoms with Gasteiger partial charge in [-0.25, -0.2) is 4.79 Å². The summed E-state index contributed by atoms with van der Waals surface area (Å²) < 4.78 is 5.09. The minimum Gasteiger partial charge on any atom is -0.337 e. The van der Waals surface area contributed by atoms with Gasteiger partial charge in [-0.1, -0.05) is 65.8 Å². The summed E-state index contributed by atoms with van der Waals surface area (Å²) in [5.74, 6) is 0.408. The Labute approximate surface area is 156 Å². The van der Waals surface area contributed by atoms with E-state index in [9.17, 15) is 9.59 Å². The number of benzene rings is 2. The number of aromatic nitrogens is 2. The van der Waals surface area contributed by atoms with Gasteiger partial charge in [0.1, 0.15) is 12.6 Å². The van der Waals surface area contributed by atoms with Gasteiger partial charge in [0, 0.05) is 6.54 Å². The predicted octanol–water partition coefficient (Wildman–Crippen LogP) is 3.08. The zero-order valence-electron chi connectivity index (χ0n) is 14.8. The molecule has 1 aliphatic heterocycles. The van der Waals surface area contributed by atoms with Gasteiger partial charge in [-0.05, 0) is 18.1 Å². The summed E-state index contributed by atoms with van der Waals surface area (Å²) >= 11 is 0. The molecule has 0 unspecified atom stereocenters. The fourth-order valence-electron chi connectivity index (χ4n) is 3.22. The van der Waals surface area contributed by atoms with E-state index < -0.39 is 6.04 Å². The topological polar surface area (TPSA) is 79.5 Å². The highest BCUT2D eigenvalue weighted by Crippen LogP contribution is 2.33. The smallest absolute Gasteiger partial charge is 0.328 e. The second-order valence-corrected chi connectivity index (χ2v) is 6.37. The number of hydrogen-bond acceptors (Lipinski definition) is 5. The normalized spacial score (nSPS) is 17.0. The number of hydrogen-bond donors (Lipinski definition) is 0. The van der Waals surface area contributed by atoms with E-state index in [0.29, 0.717) is 12.4 Å². The van der Waals surface area contributed by atoms with E-state index in [2.05, 4.69) is 10.1 Å². The Kier molecular flexibility index (Phi) is 4.42. The van der Waals surface area contributed by atoms with Crippen molar-refractivity contribution in [3.05, 3.63) is 83.5 Å². The molecule has 7 nitrogen and oxygen atoms in total. The van der Waals surface area contributed by atoms with Crippen LogP contribution in [0.3, 0.4) is 0 Å². The van der Waals surface area contributed by atoms with Gasteiger partial charge in [0.15, 0.2) is 5.82 Å². The van der Waals surface area contributed by atoms with Gasteiger partial charge in [0.05, 0.1) is 0 Å². The predicted molar refractivity (Wildman–Crippen MR) is 96.1 cm³/mol. The van der Waals surface area contributed by atoms with Gasteiger partial charge >= 0.3 is 6.03 Å². The molecule has 4 rings (SSSR count). The molecular formula is C20H18N4O3. The van der Waals surface area contributed by atoms with Crippen molar-refractivity contribution in [2.45, 2.75) is 26.1 Å². The molecule has 2 heterocycles. The van der Waals surface area contributed by atoms with Crippen LogP contribution in [0.1, 0.15) is 28.9 Å². The van der Waals surface area contributed by atoms with Crippen LogP contribution in [0.15, 0.2) is 65.2 Å². The number of amides is 3. The maximum absolute atomic E-state index is 13.1. The number of carbonyl (C=O) groups is 2. The van der Waals surface area contributed by atoms with E-state index in [1.165, 1.54) is 4.90 Å². The first-order valence-electron chi connectivity index (χ1n) is 8.63. The maximum atomic E-state index is 13.1. The summed E-state index contributed by atoms with van der Waals surface area (Å²) in [6.45, 7) is 1.99. The third kappa shape index (κ3) is 3.31. The molecule has 0 N–H and O–H groups in total. The summed E-state index contributed by atoms with van der Waals surface area (Å²) in [6.07, 6.45) is 0. The Morgan fingerprint density at radius 1 is 0.963 bits per heavy atom. The fraction of sp³-hybridized carbons (Fsp3) is 0.200. The standard InChI is InChI=1S/C20H18N4O3/c1-14-21-17(27-22-14)13-24-19(25)18(16-10-6-3-7-11-16)23(20(24)26)12-15-8-4-2-5-9-15/h2-11,18H,12-13H2,1H3/t18-/m0/s1. The lowest BCUT2D eigenvalue weighted by Crippen LogP contribution is -2.32. The molecule has 0 saturated carbocycles. The molecule has 27 heavy (non-hydrogen) atoms. The van der Waals surface area contributed by atoms with E-state index >= 15 is 0 Å². The Hall–Kier alpha value is -3.48. The van der Waals surface area contributed by atoms with Crippen LogP contribution >= 0.6 is 0 Å². The third-order valence-electron chi connectivity index (χ3n) is 4.46. The molecule has 136 valence electrons. The van der Waals surface area contributed by atoms with Crippen molar-refractivity contribution in [3.63, 3.8) is 0 Å². The first kappa shape index (κ1) is 17.0. The van der Waals surface area contributed by atoms with Crippen molar-refractivity contribution in [1.82, 2.24) is 19.9 Å². The van der Waals surface area contributed by atoms with Crippen molar-refractivity contribution in [2.24, 2.45) is 0 Å². The molecule has 1 aromatic heterocycles. The quantitative estimate of drug-likeness (QED) is 0.652. The average Bonchev–Trinajstić information content (AvgIpc) is 3.20. The van der Waals surface area contributed by atoms with E-state index in [4.69, 9.17) is 4.52 Å². The first-order valence-corrected chi connectivity index (χ1v) is 8.63. The number of imide groups is 1. The number of aryl methyl sites for hydroxylation is 1. The van der Waals surface area contributed by atoms with Crippen LogP contribution < -0.4 is 0 Å².